The van der Waals surface area contributed by atoms with Crippen LogP contribution in [0.15, 0.2) is 36.5 Å². The van der Waals surface area contributed by atoms with Crippen molar-refractivity contribution in [1.82, 2.24) is 4.98 Å². The van der Waals surface area contributed by atoms with E-state index in [4.69, 9.17) is 14.2 Å². The molecule has 0 aliphatic carbocycles. The Morgan fingerprint density at radius 3 is 2.88 bits per heavy atom. The van der Waals surface area contributed by atoms with E-state index in [1.807, 2.05) is 30.9 Å². The van der Waals surface area contributed by atoms with Crippen LogP contribution in [0, 0.1) is 0 Å². The lowest BCUT2D eigenvalue weighted by atomic mass is 9.92. The predicted molar refractivity (Wildman–Crippen MR) is 127 cm³/mol. The summed E-state index contributed by atoms with van der Waals surface area (Å²) in [7, 11) is 0. The third kappa shape index (κ3) is 4.90. The number of benzene rings is 1. The normalized spacial score (nSPS) is 25.1. The van der Waals surface area contributed by atoms with Crippen LogP contribution in [0.25, 0.3) is 0 Å². The van der Waals surface area contributed by atoms with Gasteiger partial charge in [-0.3, -0.25) is 4.79 Å². The van der Waals surface area contributed by atoms with Gasteiger partial charge in [0, 0.05) is 24.3 Å². The Labute approximate surface area is 195 Å². The van der Waals surface area contributed by atoms with E-state index in [-0.39, 0.29) is 18.1 Å². The second kappa shape index (κ2) is 9.79. The van der Waals surface area contributed by atoms with Gasteiger partial charge in [0.1, 0.15) is 11.9 Å². The minimum absolute atomic E-state index is 0.00482. The lowest BCUT2D eigenvalue weighted by Crippen LogP contribution is -2.44. The minimum atomic E-state index is -0.468. The second-order valence-corrected chi connectivity index (χ2v) is 9.46. The third-order valence-corrected chi connectivity index (χ3v) is 6.66. The number of nitrogens with zero attached hydrogens (tertiary/aromatic N) is 2. The average molecular weight is 452 g/mol. The topological polar surface area (TPSA) is 72.9 Å². The van der Waals surface area contributed by atoms with Gasteiger partial charge < -0.3 is 24.4 Å². The van der Waals surface area contributed by atoms with Gasteiger partial charge >= 0.3 is 0 Å². The van der Waals surface area contributed by atoms with Gasteiger partial charge in [-0.1, -0.05) is 12.1 Å². The van der Waals surface area contributed by atoms with Crippen LogP contribution in [0.5, 0.6) is 0 Å². The number of amides is 1. The maximum Gasteiger partial charge on any atom is 0.256 e. The highest BCUT2D eigenvalue weighted by Gasteiger charge is 2.34. The molecular weight excluding hydrogens is 418 g/mol. The highest BCUT2D eigenvalue weighted by Crippen LogP contribution is 2.39. The standard InChI is InChI=1S/C26H33N3O4/c1-17(2)33-21-8-10-24(32-16-21)26(30)29-14-19-5-3-11-27-25(19)28-22-9-7-18(13-23(22)29)20-6-4-12-31-15-20/h3,5,7,9,11,13,17,20-21,24H,4,6,8,10,12,14-16H2,1-2H3,(H,27,28)/t20?,21-,24+/m0/s1. The molecule has 0 bridgehead atoms. The van der Waals surface area contributed by atoms with Crippen LogP contribution in [0.4, 0.5) is 17.2 Å². The largest absolute Gasteiger partial charge is 0.381 e. The summed E-state index contributed by atoms with van der Waals surface area (Å²) in [4.78, 5) is 20.2. The SMILES string of the molecule is CC(C)O[C@H]1CC[C@H](C(=O)N2Cc3cccnc3Nc3ccc(C4CCCOC4)cc32)OC1. The van der Waals surface area contributed by atoms with Crippen molar-refractivity contribution in [3.63, 3.8) is 0 Å². The number of hydrogen-bond acceptors (Lipinski definition) is 6. The van der Waals surface area contributed by atoms with Crippen LogP contribution >= 0.6 is 0 Å². The first-order valence-corrected chi connectivity index (χ1v) is 12.1. The van der Waals surface area contributed by atoms with E-state index in [0.29, 0.717) is 25.5 Å². The maximum absolute atomic E-state index is 13.8. The van der Waals surface area contributed by atoms with E-state index in [2.05, 4.69) is 28.5 Å². The minimum Gasteiger partial charge on any atom is -0.381 e. The molecule has 1 aromatic heterocycles. The quantitative estimate of drug-likeness (QED) is 0.736. The summed E-state index contributed by atoms with van der Waals surface area (Å²) in [6.07, 6.45) is 5.16. The molecule has 2 fully saturated rings. The number of aromatic nitrogens is 1. The van der Waals surface area contributed by atoms with Gasteiger partial charge in [-0.2, -0.15) is 0 Å². The van der Waals surface area contributed by atoms with Crippen LogP contribution < -0.4 is 10.2 Å². The molecule has 2 saturated heterocycles. The van der Waals surface area contributed by atoms with Gasteiger partial charge in [-0.05, 0) is 63.3 Å². The average Bonchev–Trinajstić information content (AvgIpc) is 3.00. The van der Waals surface area contributed by atoms with Crippen LogP contribution in [0.3, 0.4) is 0 Å². The van der Waals surface area contributed by atoms with Gasteiger partial charge in [0.15, 0.2) is 0 Å². The van der Waals surface area contributed by atoms with Crippen molar-refractivity contribution < 1.29 is 19.0 Å². The van der Waals surface area contributed by atoms with Crippen molar-refractivity contribution in [3.05, 3.63) is 47.7 Å². The van der Waals surface area contributed by atoms with Crippen molar-refractivity contribution in [1.29, 1.82) is 0 Å². The van der Waals surface area contributed by atoms with Crippen LogP contribution in [0.2, 0.25) is 0 Å². The Morgan fingerprint density at radius 2 is 2.12 bits per heavy atom. The first-order valence-electron chi connectivity index (χ1n) is 12.1. The first-order chi connectivity index (χ1) is 16.1. The fourth-order valence-corrected chi connectivity index (χ4v) is 4.98. The van der Waals surface area contributed by atoms with E-state index in [9.17, 15) is 4.79 Å². The molecule has 1 amide bonds. The Kier molecular flexibility index (Phi) is 6.62. The summed E-state index contributed by atoms with van der Waals surface area (Å²) in [6, 6.07) is 10.3. The number of rotatable bonds is 4. The van der Waals surface area contributed by atoms with Gasteiger partial charge in [0.2, 0.25) is 0 Å². The summed E-state index contributed by atoms with van der Waals surface area (Å²) in [5.74, 6) is 1.14. The summed E-state index contributed by atoms with van der Waals surface area (Å²) >= 11 is 0. The number of carbonyl (C=O) groups excluding carboxylic acids is 1. The zero-order valence-corrected chi connectivity index (χ0v) is 19.5. The highest BCUT2D eigenvalue weighted by molar-refractivity contribution is 6.01. The Hall–Kier alpha value is -2.48. The smallest absolute Gasteiger partial charge is 0.256 e. The van der Waals surface area contributed by atoms with E-state index in [1.165, 1.54) is 5.56 Å². The van der Waals surface area contributed by atoms with Crippen molar-refractivity contribution in [3.8, 4) is 0 Å². The molecule has 7 heteroatoms. The molecule has 5 rings (SSSR count). The Morgan fingerprint density at radius 1 is 1.21 bits per heavy atom. The summed E-state index contributed by atoms with van der Waals surface area (Å²) in [5, 5.41) is 3.45. The van der Waals surface area contributed by atoms with Crippen LogP contribution in [-0.2, 0) is 25.5 Å². The molecule has 33 heavy (non-hydrogen) atoms. The molecule has 1 N–H and O–H groups in total. The zero-order valence-electron chi connectivity index (χ0n) is 19.5. The predicted octanol–water partition coefficient (Wildman–Crippen LogP) is 4.54. The zero-order chi connectivity index (χ0) is 22.8. The Bertz CT molecular complexity index is 981. The summed E-state index contributed by atoms with van der Waals surface area (Å²) < 4.78 is 17.6. The molecule has 0 saturated carbocycles. The number of nitrogens with one attached hydrogen (secondary N) is 1. The molecule has 0 radical (unpaired) electrons. The molecule has 1 aromatic carbocycles. The lowest BCUT2D eigenvalue weighted by molar-refractivity contribution is -0.143. The molecule has 3 aliphatic heterocycles. The molecule has 176 valence electrons. The van der Waals surface area contributed by atoms with Gasteiger partial charge in [0.25, 0.3) is 5.91 Å². The van der Waals surface area contributed by atoms with Crippen molar-refractivity contribution in [2.24, 2.45) is 0 Å². The Balaban J connectivity index is 1.43. The number of fused-ring (bicyclic) bond motifs is 2. The molecular formula is C26H33N3O4. The number of carbonyl (C=O) groups is 1. The molecule has 1 unspecified atom stereocenters. The van der Waals surface area contributed by atoms with Gasteiger partial charge in [0.05, 0.1) is 43.3 Å². The molecule has 2 aromatic rings. The maximum atomic E-state index is 13.8. The summed E-state index contributed by atoms with van der Waals surface area (Å²) in [5.41, 5.74) is 3.96. The van der Waals surface area contributed by atoms with Crippen molar-refractivity contribution >= 4 is 23.1 Å². The fraction of sp³-hybridized carbons (Fsp3) is 0.538. The lowest BCUT2D eigenvalue weighted by Gasteiger charge is -2.33. The number of anilines is 3. The van der Waals surface area contributed by atoms with Crippen LogP contribution in [-0.4, -0.2) is 49.0 Å². The molecule has 7 nitrogen and oxygen atoms in total. The fourth-order valence-electron chi connectivity index (χ4n) is 4.98. The van der Waals surface area contributed by atoms with Gasteiger partial charge in [-0.15, -0.1) is 0 Å². The van der Waals surface area contributed by atoms with Gasteiger partial charge in [-0.25, -0.2) is 4.98 Å². The van der Waals surface area contributed by atoms with E-state index < -0.39 is 6.10 Å². The van der Waals surface area contributed by atoms with Crippen molar-refractivity contribution in [2.45, 2.75) is 70.3 Å². The first kappa shape index (κ1) is 22.3. The van der Waals surface area contributed by atoms with Crippen LogP contribution in [0.1, 0.15) is 56.6 Å². The number of hydrogen-bond donors (Lipinski definition) is 1. The second-order valence-electron chi connectivity index (χ2n) is 9.46. The van der Waals surface area contributed by atoms with E-state index >= 15 is 0 Å². The molecule has 3 aliphatic rings. The molecule has 3 atom stereocenters. The highest BCUT2D eigenvalue weighted by atomic mass is 16.5. The number of ether oxygens (including phenoxy) is 3. The van der Waals surface area contributed by atoms with E-state index in [0.717, 1.165) is 55.2 Å². The monoisotopic (exact) mass is 451 g/mol. The molecule has 0 spiro atoms. The third-order valence-electron chi connectivity index (χ3n) is 6.66. The summed E-state index contributed by atoms with van der Waals surface area (Å²) in [6.45, 7) is 6.52. The van der Waals surface area contributed by atoms with Crippen molar-refractivity contribution in [2.75, 3.05) is 30.0 Å². The number of pyridine rings is 1. The van der Waals surface area contributed by atoms with E-state index in [1.54, 1.807) is 6.20 Å². The molecule has 4 heterocycles.